The first-order valence-electron chi connectivity index (χ1n) is 14.1. The van der Waals surface area contributed by atoms with Gasteiger partial charge in [-0.25, -0.2) is 23.1 Å². The van der Waals surface area contributed by atoms with E-state index in [1.54, 1.807) is 19.1 Å². The zero-order chi connectivity index (χ0) is 32.4. The van der Waals surface area contributed by atoms with Gasteiger partial charge in [0.2, 0.25) is 5.91 Å². The zero-order valence-electron chi connectivity index (χ0n) is 24.4. The first-order valence-corrected chi connectivity index (χ1v) is 14.4. The van der Waals surface area contributed by atoms with Crippen LogP contribution >= 0.6 is 11.6 Å². The van der Waals surface area contributed by atoms with Gasteiger partial charge in [0.05, 0.1) is 30.1 Å². The highest BCUT2D eigenvalue weighted by Gasteiger charge is 2.50. The molecule has 1 aliphatic heterocycles. The van der Waals surface area contributed by atoms with Gasteiger partial charge in [-0.3, -0.25) is 9.59 Å². The monoisotopic (exact) mass is 640 g/mol. The number of hydrogen-bond acceptors (Lipinski definition) is 7. The third-order valence-corrected chi connectivity index (χ3v) is 9.00. The number of methoxy groups -OCH3 is 1. The Labute approximate surface area is 260 Å². The minimum atomic E-state index is -1.81. The molecule has 0 unspecified atom stereocenters. The smallest absolute Gasteiger partial charge is 0.251 e. The Morgan fingerprint density at radius 2 is 1.91 bits per heavy atom. The lowest BCUT2D eigenvalue weighted by Crippen LogP contribution is -2.44. The molecule has 1 fully saturated rings. The molecule has 0 bridgehead atoms. The highest BCUT2D eigenvalue weighted by molar-refractivity contribution is 6.31. The molecule has 45 heavy (non-hydrogen) atoms. The topological polar surface area (TPSA) is 137 Å². The molecule has 0 radical (unpaired) electrons. The van der Waals surface area contributed by atoms with Crippen LogP contribution in [0, 0.1) is 30.3 Å². The predicted molar refractivity (Wildman–Crippen MR) is 159 cm³/mol. The number of carbonyl (C=O) groups excluding carboxylic acids is 2. The van der Waals surface area contributed by atoms with E-state index in [4.69, 9.17) is 26.8 Å². The van der Waals surface area contributed by atoms with Gasteiger partial charge in [0.15, 0.2) is 17.5 Å². The van der Waals surface area contributed by atoms with Crippen LogP contribution in [0.25, 0.3) is 22.2 Å². The number of halogens is 4. The number of benzene rings is 2. The van der Waals surface area contributed by atoms with Crippen LogP contribution in [-0.4, -0.2) is 47.2 Å². The standard InChI is InChI=1S/C32H28ClF3N4O5/c1-14-20(33)9-15-8-16(10-22(44-3)26(15)39-14)29(41)38-12-32(43,17-4-5-17)23-11-19-28(45-13-31(19,2)30(37)42)27(40-23)18-6-7-21(34)25(36)24(18)35/h6-11,17,43H,4-5,12-13H2,1-3H3,(H2,37,42)(H,38,41)/t31-,32+/m0/s1. The van der Waals surface area contributed by atoms with Crippen molar-refractivity contribution in [1.29, 1.82) is 0 Å². The summed E-state index contributed by atoms with van der Waals surface area (Å²) in [6, 6.07) is 7.96. The Morgan fingerprint density at radius 3 is 2.58 bits per heavy atom. The Hall–Kier alpha value is -4.42. The van der Waals surface area contributed by atoms with Crippen molar-refractivity contribution in [3.05, 3.63) is 81.4 Å². The van der Waals surface area contributed by atoms with E-state index in [0.29, 0.717) is 40.2 Å². The third-order valence-electron chi connectivity index (χ3n) is 8.62. The number of pyridine rings is 2. The molecule has 6 rings (SSSR count). The number of nitrogens with two attached hydrogens (primary N) is 1. The molecule has 2 atom stereocenters. The molecule has 0 saturated heterocycles. The van der Waals surface area contributed by atoms with Crippen molar-refractivity contribution in [2.75, 3.05) is 20.3 Å². The van der Waals surface area contributed by atoms with Crippen molar-refractivity contribution in [3.63, 3.8) is 0 Å². The minimum absolute atomic E-state index is 0.0243. The second-order valence-corrected chi connectivity index (χ2v) is 12.0. The molecule has 2 aromatic heterocycles. The number of aliphatic hydroxyl groups is 1. The highest BCUT2D eigenvalue weighted by Crippen LogP contribution is 2.50. The molecule has 2 amide bonds. The van der Waals surface area contributed by atoms with Crippen LogP contribution in [0.2, 0.25) is 5.02 Å². The van der Waals surface area contributed by atoms with E-state index in [1.165, 1.54) is 26.2 Å². The van der Waals surface area contributed by atoms with Crippen molar-refractivity contribution in [2.45, 2.75) is 37.7 Å². The maximum atomic E-state index is 15.1. The van der Waals surface area contributed by atoms with Crippen LogP contribution in [0.4, 0.5) is 13.2 Å². The van der Waals surface area contributed by atoms with Crippen LogP contribution in [0.15, 0.2) is 36.4 Å². The highest BCUT2D eigenvalue weighted by atomic mass is 35.5. The molecule has 13 heteroatoms. The van der Waals surface area contributed by atoms with E-state index in [-0.39, 0.29) is 47.3 Å². The van der Waals surface area contributed by atoms with Gasteiger partial charge in [0.1, 0.15) is 40.3 Å². The van der Waals surface area contributed by atoms with Crippen molar-refractivity contribution < 1.29 is 37.3 Å². The first-order chi connectivity index (χ1) is 21.3. The molecule has 1 saturated carbocycles. The minimum Gasteiger partial charge on any atom is -0.494 e. The Bertz CT molecular complexity index is 1920. The fourth-order valence-corrected chi connectivity index (χ4v) is 5.79. The number of carbonyl (C=O) groups is 2. The predicted octanol–water partition coefficient (Wildman–Crippen LogP) is 4.85. The van der Waals surface area contributed by atoms with Gasteiger partial charge in [0, 0.05) is 22.1 Å². The maximum absolute atomic E-state index is 15.1. The van der Waals surface area contributed by atoms with Gasteiger partial charge in [-0.15, -0.1) is 0 Å². The number of aryl methyl sites for hydroxylation is 1. The van der Waals surface area contributed by atoms with E-state index in [9.17, 15) is 23.5 Å². The molecule has 0 spiro atoms. The number of nitrogens with one attached hydrogen (secondary N) is 1. The lowest BCUT2D eigenvalue weighted by molar-refractivity contribution is -0.123. The summed E-state index contributed by atoms with van der Waals surface area (Å²) in [7, 11) is 1.45. The lowest BCUT2D eigenvalue weighted by atomic mass is 9.81. The second kappa shape index (κ2) is 10.9. The van der Waals surface area contributed by atoms with Gasteiger partial charge in [-0.05, 0) is 69.0 Å². The SMILES string of the molecule is COc1cc(C(=O)NC[C@](O)(c2cc3c(c(-c4ccc(F)c(F)c4F)n2)OC[C@]3(C)C(N)=O)C2CC2)cc2cc(Cl)c(C)nc12. The molecule has 2 aliphatic rings. The van der Waals surface area contributed by atoms with Crippen LogP contribution in [0.1, 0.15) is 47.1 Å². The van der Waals surface area contributed by atoms with Crippen molar-refractivity contribution in [3.8, 4) is 22.8 Å². The summed E-state index contributed by atoms with van der Waals surface area (Å²) >= 11 is 6.26. The second-order valence-electron chi connectivity index (χ2n) is 11.6. The first kappa shape index (κ1) is 30.6. The zero-order valence-corrected chi connectivity index (χ0v) is 25.2. The number of aromatic nitrogens is 2. The van der Waals surface area contributed by atoms with E-state index in [2.05, 4.69) is 15.3 Å². The summed E-state index contributed by atoms with van der Waals surface area (Å²) in [6.07, 6.45) is 1.16. The Morgan fingerprint density at radius 1 is 1.18 bits per heavy atom. The quantitative estimate of drug-likeness (QED) is 0.234. The van der Waals surface area contributed by atoms with Crippen molar-refractivity contribution in [1.82, 2.24) is 15.3 Å². The summed E-state index contributed by atoms with van der Waals surface area (Å²) < 4.78 is 54.4. The molecule has 4 aromatic rings. The number of hydrogen-bond donors (Lipinski definition) is 3. The molecule has 3 heterocycles. The average Bonchev–Trinajstić information content (AvgIpc) is 3.82. The largest absolute Gasteiger partial charge is 0.494 e. The molecule has 2 aromatic carbocycles. The van der Waals surface area contributed by atoms with Gasteiger partial charge >= 0.3 is 0 Å². The fourth-order valence-electron chi connectivity index (χ4n) is 5.63. The lowest BCUT2D eigenvalue weighted by Gasteiger charge is -2.30. The van der Waals surface area contributed by atoms with Crippen molar-refractivity contribution >= 4 is 34.3 Å². The molecular weight excluding hydrogens is 613 g/mol. The van der Waals surface area contributed by atoms with Crippen molar-refractivity contribution in [2.24, 2.45) is 11.7 Å². The van der Waals surface area contributed by atoms with E-state index in [1.807, 2.05) is 0 Å². The molecule has 1 aliphatic carbocycles. The number of amides is 2. The Kier molecular flexibility index (Phi) is 7.40. The van der Waals surface area contributed by atoms with Gasteiger partial charge in [-0.2, -0.15) is 0 Å². The fraction of sp³-hybridized carbons (Fsp3) is 0.312. The van der Waals surface area contributed by atoms with Gasteiger partial charge in [-0.1, -0.05) is 11.6 Å². The third kappa shape index (κ3) is 5.01. The van der Waals surface area contributed by atoms with Crippen LogP contribution in [0.3, 0.4) is 0 Å². The Balaban J connectivity index is 1.42. The number of ether oxygens (including phenoxy) is 2. The number of fused-ring (bicyclic) bond motifs is 2. The molecule has 234 valence electrons. The van der Waals surface area contributed by atoms with Crippen LogP contribution < -0.4 is 20.5 Å². The van der Waals surface area contributed by atoms with E-state index >= 15 is 4.39 Å². The molecule has 4 N–H and O–H groups in total. The van der Waals surface area contributed by atoms with E-state index < -0.39 is 45.8 Å². The summed E-state index contributed by atoms with van der Waals surface area (Å²) in [5.74, 6) is -6.01. The average molecular weight is 641 g/mol. The number of nitrogens with zero attached hydrogens (tertiary/aromatic N) is 2. The number of primary amides is 1. The van der Waals surface area contributed by atoms with Gasteiger partial charge < -0.3 is 25.6 Å². The molecular formula is C32H28ClF3N4O5. The summed E-state index contributed by atoms with van der Waals surface area (Å²) in [5.41, 5.74) is 3.32. The van der Waals surface area contributed by atoms with Crippen LogP contribution in [0.5, 0.6) is 11.5 Å². The molecule has 9 nitrogen and oxygen atoms in total. The van der Waals surface area contributed by atoms with E-state index in [0.717, 1.165) is 12.1 Å². The van der Waals surface area contributed by atoms with Gasteiger partial charge in [0.25, 0.3) is 5.91 Å². The maximum Gasteiger partial charge on any atom is 0.251 e. The summed E-state index contributed by atoms with van der Waals surface area (Å²) in [5, 5.41) is 15.9. The van der Waals surface area contributed by atoms with Crippen LogP contribution in [-0.2, 0) is 15.8 Å². The normalized spacial score (nSPS) is 18.7. The number of rotatable bonds is 8. The summed E-state index contributed by atoms with van der Waals surface area (Å²) in [4.78, 5) is 35.0. The summed E-state index contributed by atoms with van der Waals surface area (Å²) in [6.45, 7) is 2.72.